The molecule has 0 saturated carbocycles. The van der Waals surface area contributed by atoms with Gasteiger partial charge in [-0.1, -0.05) is 67.6 Å². The van der Waals surface area contributed by atoms with E-state index in [0.29, 0.717) is 45.1 Å². The van der Waals surface area contributed by atoms with Gasteiger partial charge in [0.1, 0.15) is 37.1 Å². The number of hydrogen-bond donors (Lipinski definition) is 5. The molecule has 0 bridgehead atoms. The van der Waals surface area contributed by atoms with E-state index in [0.717, 1.165) is 22.3 Å². The molecule has 0 unspecified atom stereocenters. The lowest BCUT2D eigenvalue weighted by atomic mass is 9.98. The molecule has 53 heavy (non-hydrogen) atoms. The Bertz CT molecular complexity index is 1520. The van der Waals surface area contributed by atoms with Crippen molar-refractivity contribution in [2.24, 2.45) is 5.73 Å². The first-order valence-electron chi connectivity index (χ1n) is 18.1. The molecule has 3 atom stereocenters. The number of ether oxygens (including phenoxy) is 3. The summed E-state index contributed by atoms with van der Waals surface area (Å²) in [5.74, 6) is -2.15. The molecule has 14 nitrogen and oxygen atoms in total. The second kappa shape index (κ2) is 22.8. The fraction of sp³-hybridized carbons (Fsp3) is 0.487. The molecule has 6 N–H and O–H groups in total. The number of unbranched alkanes of at least 4 members (excludes halogenated alkanes) is 2. The number of methoxy groups -OCH3 is 1. The van der Waals surface area contributed by atoms with E-state index in [4.69, 9.17) is 19.9 Å². The minimum atomic E-state index is -1.17. The van der Waals surface area contributed by atoms with E-state index in [9.17, 15) is 28.8 Å². The number of ketones is 1. The second-order valence-corrected chi connectivity index (χ2v) is 12.7. The Balaban J connectivity index is 1.40. The molecule has 1 aliphatic rings. The van der Waals surface area contributed by atoms with Crippen LogP contribution in [0.2, 0.25) is 0 Å². The zero-order chi connectivity index (χ0) is 38.6. The van der Waals surface area contributed by atoms with Gasteiger partial charge >= 0.3 is 18.0 Å². The van der Waals surface area contributed by atoms with Crippen LogP contribution in [0.5, 0.6) is 0 Å². The van der Waals surface area contributed by atoms with Gasteiger partial charge in [-0.15, -0.1) is 0 Å². The number of carbonyl (C=O) groups excluding carboxylic acids is 6. The van der Waals surface area contributed by atoms with Crippen LogP contribution in [-0.4, -0.2) is 94.2 Å². The first-order valence-corrected chi connectivity index (χ1v) is 18.1. The highest BCUT2D eigenvalue weighted by Gasteiger charge is 2.31. The van der Waals surface area contributed by atoms with Gasteiger partial charge in [0.25, 0.3) is 0 Å². The molecule has 0 saturated heterocycles. The van der Waals surface area contributed by atoms with E-state index in [1.165, 1.54) is 13.2 Å². The van der Waals surface area contributed by atoms with Crippen LogP contribution in [0.15, 0.2) is 61.2 Å². The number of nitrogens with one attached hydrogen (secondary N) is 4. The number of benzene rings is 2. The topological polar surface area (TPSA) is 204 Å². The Kier molecular flexibility index (Phi) is 18.2. The summed E-state index contributed by atoms with van der Waals surface area (Å²) in [4.78, 5) is 74.9. The smallest absolute Gasteiger partial charge is 0.407 e. The van der Waals surface area contributed by atoms with E-state index in [-0.39, 0.29) is 62.6 Å². The molecule has 0 spiro atoms. The Morgan fingerprint density at radius 1 is 0.792 bits per heavy atom. The van der Waals surface area contributed by atoms with E-state index in [2.05, 4.69) is 27.8 Å². The van der Waals surface area contributed by atoms with Gasteiger partial charge in [-0.05, 0) is 61.4 Å². The van der Waals surface area contributed by atoms with E-state index < -0.39 is 36.1 Å². The summed E-state index contributed by atoms with van der Waals surface area (Å²) in [6.45, 7) is 3.61. The average Bonchev–Trinajstić information content (AvgIpc) is 3.49. The third-order valence-corrected chi connectivity index (χ3v) is 9.04. The number of Topliss-reactive ketones (excluding diaryl/α,β-unsaturated/α-hetero) is 1. The average molecular weight is 736 g/mol. The number of hydrogen-bond acceptors (Lipinski definition) is 11. The molecule has 1 aliphatic carbocycles. The number of esters is 2. The predicted molar refractivity (Wildman–Crippen MR) is 199 cm³/mol. The fourth-order valence-electron chi connectivity index (χ4n) is 6.14. The van der Waals surface area contributed by atoms with Crippen molar-refractivity contribution >= 4 is 35.6 Å². The maximum Gasteiger partial charge on any atom is 0.407 e. The van der Waals surface area contributed by atoms with Crippen molar-refractivity contribution in [1.29, 1.82) is 0 Å². The summed E-state index contributed by atoms with van der Waals surface area (Å²) in [7, 11) is 3.00. The van der Waals surface area contributed by atoms with Crippen molar-refractivity contribution < 1.29 is 43.0 Å². The van der Waals surface area contributed by atoms with Crippen LogP contribution in [0.1, 0.15) is 74.8 Å². The molecule has 3 amide bonds. The maximum absolute atomic E-state index is 13.2. The van der Waals surface area contributed by atoms with Gasteiger partial charge in [-0.2, -0.15) is 0 Å². The van der Waals surface area contributed by atoms with Crippen molar-refractivity contribution in [2.75, 3.05) is 40.5 Å². The Morgan fingerprint density at radius 2 is 1.43 bits per heavy atom. The first kappa shape index (κ1) is 42.3. The lowest BCUT2D eigenvalue weighted by Gasteiger charge is -2.22. The van der Waals surface area contributed by atoms with Crippen LogP contribution in [0.25, 0.3) is 11.1 Å². The number of amides is 3. The van der Waals surface area contributed by atoms with E-state index >= 15 is 0 Å². The van der Waals surface area contributed by atoms with Crippen LogP contribution in [0, 0.1) is 0 Å². The molecule has 0 radical (unpaired) electrons. The number of likely N-dealkylation sites (N-methyl/N-ethyl adjacent to an activating group) is 1. The van der Waals surface area contributed by atoms with Crippen molar-refractivity contribution in [3.8, 4) is 11.1 Å². The molecular weight excluding hydrogens is 682 g/mol. The number of nitrogens with two attached hydrogens (primary N) is 1. The quantitative estimate of drug-likeness (QED) is 0.0459. The molecule has 0 heterocycles. The fourth-order valence-corrected chi connectivity index (χ4v) is 6.14. The Morgan fingerprint density at radius 3 is 2.06 bits per heavy atom. The summed E-state index contributed by atoms with van der Waals surface area (Å²) in [5, 5.41) is 10.8. The monoisotopic (exact) mass is 735 g/mol. The van der Waals surface area contributed by atoms with Gasteiger partial charge in [-0.25, -0.2) is 9.59 Å². The van der Waals surface area contributed by atoms with Crippen molar-refractivity contribution in [3.63, 3.8) is 0 Å². The minimum Gasteiger partial charge on any atom is -0.468 e. The predicted octanol–water partition coefficient (Wildman–Crippen LogP) is 3.02. The SMILES string of the molecule is C=CCOC(=O)[C@@H](CCCCNC(=O)CCC(=O)CCCC[C@@H](NC)C(=O)OC)NC(=O)[C@@H](CN)NC(=O)OCC1c2ccccc2-c2ccccc21. The van der Waals surface area contributed by atoms with Gasteiger partial charge in [0, 0.05) is 38.3 Å². The number of carbonyl (C=O) groups is 6. The summed E-state index contributed by atoms with van der Waals surface area (Å²) in [6.07, 6.45) is 4.06. The van der Waals surface area contributed by atoms with Gasteiger partial charge in [0.05, 0.1) is 7.11 Å². The standard InChI is InChI=1S/C39H53N5O9/c1-4-23-52-38(49)33(19-11-12-22-42-35(46)21-20-26(45)13-5-10-18-32(41-2)37(48)51-3)43-36(47)34(24-40)44-39(50)53-25-31-29-16-8-6-14-27(29)28-15-7-9-17-30(28)31/h4,6-9,14-17,31-34,41H,1,5,10-13,18-25,40H2,2-3H3,(H,42,46)(H,43,47)(H,44,50)/t32-,33-,34-/m1/s1. The molecule has 0 fully saturated rings. The minimum absolute atomic E-state index is 0.0280. The third kappa shape index (κ3) is 13.4. The molecule has 2 aromatic rings. The molecule has 3 rings (SSSR count). The summed E-state index contributed by atoms with van der Waals surface area (Å²) < 4.78 is 15.5. The van der Waals surface area contributed by atoms with Crippen LogP contribution >= 0.6 is 0 Å². The number of alkyl carbamates (subject to hydrolysis) is 1. The molecular formula is C39H53N5O9. The highest BCUT2D eigenvalue weighted by Crippen LogP contribution is 2.44. The lowest BCUT2D eigenvalue weighted by Crippen LogP contribution is -2.54. The van der Waals surface area contributed by atoms with E-state index in [1.54, 1.807) is 7.05 Å². The van der Waals surface area contributed by atoms with Gasteiger partial charge < -0.3 is 41.2 Å². The molecule has 2 aromatic carbocycles. The maximum atomic E-state index is 13.2. The lowest BCUT2D eigenvalue weighted by molar-refractivity contribution is -0.147. The Hall–Kier alpha value is -5.08. The zero-order valence-corrected chi connectivity index (χ0v) is 30.7. The number of fused-ring (bicyclic) bond motifs is 3. The third-order valence-electron chi connectivity index (χ3n) is 9.04. The van der Waals surface area contributed by atoms with Crippen molar-refractivity contribution in [3.05, 3.63) is 72.3 Å². The van der Waals surface area contributed by atoms with E-state index in [1.807, 2.05) is 48.5 Å². The summed E-state index contributed by atoms with van der Waals surface area (Å²) >= 11 is 0. The molecule has 288 valence electrons. The van der Waals surface area contributed by atoms with Crippen LogP contribution in [-0.2, 0) is 38.2 Å². The highest BCUT2D eigenvalue weighted by molar-refractivity contribution is 5.90. The second-order valence-electron chi connectivity index (χ2n) is 12.7. The van der Waals surface area contributed by atoms with Gasteiger partial charge in [0.15, 0.2) is 0 Å². The van der Waals surface area contributed by atoms with Gasteiger partial charge in [0.2, 0.25) is 11.8 Å². The largest absolute Gasteiger partial charge is 0.468 e. The van der Waals surface area contributed by atoms with Crippen LogP contribution in [0.4, 0.5) is 4.79 Å². The first-order chi connectivity index (χ1) is 25.6. The van der Waals surface area contributed by atoms with Crippen LogP contribution in [0.3, 0.4) is 0 Å². The summed E-state index contributed by atoms with van der Waals surface area (Å²) in [5.41, 5.74) is 10.1. The molecule has 14 heteroatoms. The van der Waals surface area contributed by atoms with Crippen molar-refractivity contribution in [2.45, 2.75) is 81.8 Å². The molecule has 0 aliphatic heterocycles. The zero-order valence-electron chi connectivity index (χ0n) is 30.7. The normalized spacial score (nSPS) is 13.3. The number of rotatable bonds is 24. The van der Waals surface area contributed by atoms with Crippen LogP contribution < -0.4 is 27.0 Å². The molecule has 0 aromatic heterocycles. The van der Waals surface area contributed by atoms with Gasteiger partial charge in [-0.3, -0.25) is 19.2 Å². The Labute approximate surface area is 310 Å². The summed E-state index contributed by atoms with van der Waals surface area (Å²) in [6, 6.07) is 13.2. The highest BCUT2D eigenvalue weighted by atomic mass is 16.5. The van der Waals surface area contributed by atoms with Crippen molar-refractivity contribution in [1.82, 2.24) is 21.3 Å².